The van der Waals surface area contributed by atoms with E-state index in [2.05, 4.69) is 4.98 Å². The van der Waals surface area contributed by atoms with Gasteiger partial charge in [-0.25, -0.2) is 9.78 Å². The second kappa shape index (κ2) is 7.40. The fraction of sp³-hybridized carbons (Fsp3) is 0.316. The van der Waals surface area contributed by atoms with Crippen LogP contribution in [0.2, 0.25) is 0 Å². The summed E-state index contributed by atoms with van der Waals surface area (Å²) in [5.41, 5.74) is 7.01. The van der Waals surface area contributed by atoms with Gasteiger partial charge in [0.1, 0.15) is 22.1 Å². The number of anilines is 1. The van der Waals surface area contributed by atoms with Crippen LogP contribution in [0.1, 0.15) is 13.8 Å². The fourth-order valence-corrected chi connectivity index (χ4v) is 3.64. The largest absolute Gasteiger partial charge is 0.497 e. The van der Waals surface area contributed by atoms with Crippen molar-refractivity contribution in [3.8, 4) is 27.6 Å². The number of hydrogen-bond acceptors (Lipinski definition) is 6. The highest BCUT2D eigenvalue weighted by atomic mass is 32.1. The summed E-state index contributed by atoms with van der Waals surface area (Å²) in [6.45, 7) is 4.41. The average molecular weight is 386 g/mol. The lowest BCUT2D eigenvalue weighted by atomic mass is 10.2. The first-order valence-corrected chi connectivity index (χ1v) is 9.41. The van der Waals surface area contributed by atoms with Crippen molar-refractivity contribution in [3.05, 3.63) is 50.5 Å². The van der Waals surface area contributed by atoms with E-state index in [0.29, 0.717) is 12.2 Å². The van der Waals surface area contributed by atoms with E-state index in [0.717, 1.165) is 20.9 Å². The van der Waals surface area contributed by atoms with Crippen LogP contribution >= 0.6 is 11.3 Å². The van der Waals surface area contributed by atoms with Crippen LogP contribution in [0.25, 0.3) is 21.8 Å². The van der Waals surface area contributed by atoms with E-state index in [1.807, 2.05) is 38.1 Å². The molecule has 2 N–H and O–H groups in total. The molecule has 0 saturated heterocycles. The van der Waals surface area contributed by atoms with Crippen LogP contribution in [0, 0.1) is 5.92 Å². The molecule has 0 aliphatic rings. The molecule has 0 atom stereocenters. The Kier molecular flexibility index (Phi) is 5.18. The number of thiazole rings is 1. The normalized spacial score (nSPS) is 11.1. The first-order chi connectivity index (χ1) is 12.8. The van der Waals surface area contributed by atoms with E-state index < -0.39 is 11.2 Å². The zero-order chi connectivity index (χ0) is 19.7. The molecule has 0 unspecified atom stereocenters. The Labute approximate surface area is 160 Å². The van der Waals surface area contributed by atoms with Crippen LogP contribution in [0.15, 0.2) is 39.2 Å². The van der Waals surface area contributed by atoms with E-state index >= 15 is 0 Å². The smallest absolute Gasteiger partial charge is 0.332 e. The number of hydrogen-bond donors (Lipinski definition) is 1. The van der Waals surface area contributed by atoms with Crippen molar-refractivity contribution >= 4 is 17.2 Å². The second-order valence-electron chi connectivity index (χ2n) is 6.68. The topological polar surface area (TPSA) is 92.1 Å². The number of aromatic nitrogens is 3. The molecule has 3 rings (SSSR count). The molecule has 1 aromatic carbocycles. The van der Waals surface area contributed by atoms with E-state index in [1.54, 1.807) is 12.5 Å². The summed E-state index contributed by atoms with van der Waals surface area (Å²) in [5.74, 6) is 1.12. The summed E-state index contributed by atoms with van der Waals surface area (Å²) in [6.07, 6.45) is 0. The van der Waals surface area contributed by atoms with Gasteiger partial charge in [0.15, 0.2) is 0 Å². The van der Waals surface area contributed by atoms with Gasteiger partial charge in [0.05, 0.1) is 12.8 Å². The molecule has 0 saturated carbocycles. The zero-order valence-corrected chi connectivity index (χ0v) is 16.5. The summed E-state index contributed by atoms with van der Waals surface area (Å²) in [4.78, 5) is 29.7. The maximum atomic E-state index is 12.7. The van der Waals surface area contributed by atoms with Gasteiger partial charge in [0, 0.05) is 24.5 Å². The lowest BCUT2D eigenvalue weighted by Gasteiger charge is -2.15. The van der Waals surface area contributed by atoms with Crippen LogP contribution in [0.5, 0.6) is 5.75 Å². The second-order valence-corrected chi connectivity index (χ2v) is 7.54. The minimum Gasteiger partial charge on any atom is -0.497 e. The standard InChI is InChI=1S/C19H22N4O3S/c1-11(2)9-23-16(20)15(18(24)22(3)19(23)25)14-10-27-17(21-14)12-5-7-13(26-4)8-6-12/h5-8,10-11H,9,20H2,1-4H3. The molecule has 0 amide bonds. The fourth-order valence-electron chi connectivity index (χ4n) is 2.82. The molecule has 0 aliphatic heterocycles. The predicted molar refractivity (Wildman–Crippen MR) is 108 cm³/mol. The monoisotopic (exact) mass is 386 g/mol. The number of methoxy groups -OCH3 is 1. The number of nitrogens with zero attached hydrogens (tertiary/aromatic N) is 3. The SMILES string of the molecule is COc1ccc(-c2nc(-c3c(N)n(CC(C)C)c(=O)n(C)c3=O)cs2)cc1. The third-order valence-electron chi connectivity index (χ3n) is 4.23. The Morgan fingerprint density at radius 2 is 1.89 bits per heavy atom. The van der Waals surface area contributed by atoms with Gasteiger partial charge in [0.25, 0.3) is 5.56 Å². The number of benzene rings is 1. The number of rotatable bonds is 5. The van der Waals surface area contributed by atoms with Crippen molar-refractivity contribution in [3.63, 3.8) is 0 Å². The molecule has 3 aromatic rings. The lowest BCUT2D eigenvalue weighted by molar-refractivity contribution is 0.415. The first-order valence-electron chi connectivity index (χ1n) is 8.53. The Morgan fingerprint density at radius 3 is 2.48 bits per heavy atom. The van der Waals surface area contributed by atoms with Crippen molar-refractivity contribution in [2.75, 3.05) is 12.8 Å². The van der Waals surface area contributed by atoms with Crippen LogP contribution < -0.4 is 21.7 Å². The van der Waals surface area contributed by atoms with Gasteiger partial charge >= 0.3 is 5.69 Å². The lowest BCUT2D eigenvalue weighted by Crippen LogP contribution is -2.41. The average Bonchev–Trinajstić information content (AvgIpc) is 3.13. The first kappa shape index (κ1) is 18.9. The Hall–Kier alpha value is -2.87. The Balaban J connectivity index is 2.12. The van der Waals surface area contributed by atoms with Gasteiger partial charge < -0.3 is 10.5 Å². The molecule has 0 bridgehead atoms. The minimum absolute atomic E-state index is 0.156. The van der Waals surface area contributed by atoms with Gasteiger partial charge in [-0.3, -0.25) is 13.9 Å². The van der Waals surface area contributed by atoms with Crippen molar-refractivity contribution in [1.29, 1.82) is 0 Å². The quantitative estimate of drug-likeness (QED) is 0.728. The Bertz CT molecular complexity index is 1080. The molecule has 0 fully saturated rings. The van der Waals surface area contributed by atoms with Gasteiger partial charge in [-0.2, -0.15) is 0 Å². The summed E-state index contributed by atoms with van der Waals surface area (Å²) < 4.78 is 7.69. The number of nitrogen functional groups attached to an aromatic ring is 1. The summed E-state index contributed by atoms with van der Waals surface area (Å²) in [6, 6.07) is 7.52. The highest BCUT2D eigenvalue weighted by Gasteiger charge is 2.20. The highest BCUT2D eigenvalue weighted by molar-refractivity contribution is 7.13. The molecule has 7 nitrogen and oxygen atoms in total. The maximum absolute atomic E-state index is 12.7. The van der Waals surface area contributed by atoms with Crippen molar-refractivity contribution in [1.82, 2.24) is 14.1 Å². The number of ether oxygens (including phenoxy) is 1. The van der Waals surface area contributed by atoms with E-state index in [9.17, 15) is 9.59 Å². The van der Waals surface area contributed by atoms with E-state index in [-0.39, 0.29) is 17.3 Å². The third-order valence-corrected chi connectivity index (χ3v) is 5.12. The molecule has 2 aromatic heterocycles. The molecule has 0 aliphatic carbocycles. The van der Waals surface area contributed by atoms with Crippen LogP contribution in [0.3, 0.4) is 0 Å². The van der Waals surface area contributed by atoms with Crippen molar-refractivity contribution in [2.24, 2.45) is 13.0 Å². The van der Waals surface area contributed by atoms with E-state index in [1.165, 1.54) is 23.0 Å². The summed E-state index contributed by atoms with van der Waals surface area (Å²) in [5, 5.41) is 2.55. The predicted octanol–water partition coefficient (Wildman–Crippen LogP) is 2.58. The third kappa shape index (κ3) is 3.52. The van der Waals surface area contributed by atoms with Crippen molar-refractivity contribution in [2.45, 2.75) is 20.4 Å². The molecular formula is C19H22N4O3S. The van der Waals surface area contributed by atoms with E-state index in [4.69, 9.17) is 10.5 Å². The molecule has 0 radical (unpaired) electrons. The molecule has 0 spiro atoms. The molecule has 142 valence electrons. The minimum atomic E-state index is -0.441. The van der Waals surface area contributed by atoms with Crippen LogP contribution in [-0.4, -0.2) is 21.2 Å². The molecular weight excluding hydrogens is 364 g/mol. The number of nitrogens with two attached hydrogens (primary N) is 1. The van der Waals surface area contributed by atoms with Gasteiger partial charge in [0.2, 0.25) is 0 Å². The summed E-state index contributed by atoms with van der Waals surface area (Å²) in [7, 11) is 3.07. The van der Waals surface area contributed by atoms with Crippen LogP contribution in [0.4, 0.5) is 5.82 Å². The summed E-state index contributed by atoms with van der Waals surface area (Å²) >= 11 is 1.42. The van der Waals surface area contributed by atoms with Gasteiger partial charge in [-0.05, 0) is 30.2 Å². The Morgan fingerprint density at radius 1 is 1.22 bits per heavy atom. The molecule has 2 heterocycles. The van der Waals surface area contributed by atoms with Gasteiger partial charge in [-0.15, -0.1) is 11.3 Å². The molecule has 27 heavy (non-hydrogen) atoms. The molecule has 8 heteroatoms. The van der Waals surface area contributed by atoms with Crippen LogP contribution in [-0.2, 0) is 13.6 Å². The van der Waals surface area contributed by atoms with Crippen molar-refractivity contribution < 1.29 is 4.74 Å². The highest BCUT2D eigenvalue weighted by Crippen LogP contribution is 2.30. The maximum Gasteiger partial charge on any atom is 0.332 e. The van der Waals surface area contributed by atoms with Gasteiger partial charge in [-0.1, -0.05) is 13.8 Å². The zero-order valence-electron chi connectivity index (χ0n) is 15.7.